The minimum atomic E-state index is -0.00475. The van der Waals surface area contributed by atoms with Crippen LogP contribution in [0.15, 0.2) is 42.5 Å². The van der Waals surface area contributed by atoms with E-state index in [1.807, 2.05) is 25.1 Å². The summed E-state index contributed by atoms with van der Waals surface area (Å²) in [5, 5.41) is 3.34. The summed E-state index contributed by atoms with van der Waals surface area (Å²) >= 11 is 5.98. The first-order valence-electron chi connectivity index (χ1n) is 6.95. The van der Waals surface area contributed by atoms with Crippen LogP contribution in [-0.2, 0) is 11.2 Å². The molecule has 0 saturated heterocycles. The molecule has 21 heavy (non-hydrogen) atoms. The minimum Gasteiger partial charge on any atom is -0.398 e. The van der Waals surface area contributed by atoms with Crippen molar-refractivity contribution in [1.29, 1.82) is 0 Å². The van der Waals surface area contributed by atoms with Crippen molar-refractivity contribution in [3.8, 4) is 0 Å². The zero-order valence-electron chi connectivity index (χ0n) is 12.0. The highest BCUT2D eigenvalue weighted by Crippen LogP contribution is 2.26. The fourth-order valence-electron chi connectivity index (χ4n) is 2.15. The molecule has 2 aromatic rings. The van der Waals surface area contributed by atoms with Gasteiger partial charge < -0.3 is 11.1 Å². The molecule has 0 fully saturated rings. The molecule has 0 aromatic heterocycles. The molecule has 0 aliphatic heterocycles. The Bertz CT molecular complexity index is 626. The predicted molar refractivity (Wildman–Crippen MR) is 88.6 cm³/mol. The van der Waals surface area contributed by atoms with E-state index in [9.17, 15) is 4.79 Å². The first kappa shape index (κ1) is 15.4. The van der Waals surface area contributed by atoms with Gasteiger partial charge in [0, 0.05) is 12.1 Å². The van der Waals surface area contributed by atoms with E-state index >= 15 is 0 Å². The van der Waals surface area contributed by atoms with Gasteiger partial charge in [0.15, 0.2) is 0 Å². The van der Waals surface area contributed by atoms with Gasteiger partial charge in [0.05, 0.1) is 10.7 Å². The second kappa shape index (κ2) is 7.14. The number of aryl methyl sites for hydroxylation is 2. The smallest absolute Gasteiger partial charge is 0.224 e. The molecule has 3 N–H and O–H groups in total. The van der Waals surface area contributed by atoms with E-state index in [0.717, 1.165) is 24.1 Å². The van der Waals surface area contributed by atoms with Gasteiger partial charge in [-0.2, -0.15) is 0 Å². The topological polar surface area (TPSA) is 55.1 Å². The first-order valence-corrected chi connectivity index (χ1v) is 7.33. The van der Waals surface area contributed by atoms with E-state index in [4.69, 9.17) is 17.3 Å². The molecule has 2 rings (SSSR count). The van der Waals surface area contributed by atoms with Crippen LogP contribution >= 0.6 is 11.6 Å². The molecule has 0 heterocycles. The average Bonchev–Trinajstić information content (AvgIpc) is 2.46. The third-order valence-corrected chi connectivity index (χ3v) is 3.66. The van der Waals surface area contributed by atoms with Gasteiger partial charge >= 0.3 is 0 Å². The number of nitrogens with one attached hydrogen (secondary N) is 1. The van der Waals surface area contributed by atoms with Gasteiger partial charge in [-0.3, -0.25) is 4.79 Å². The van der Waals surface area contributed by atoms with Crippen molar-refractivity contribution < 1.29 is 4.79 Å². The van der Waals surface area contributed by atoms with Crippen molar-refractivity contribution in [2.45, 2.75) is 26.2 Å². The summed E-state index contributed by atoms with van der Waals surface area (Å²) in [4.78, 5) is 12.0. The van der Waals surface area contributed by atoms with Gasteiger partial charge in [-0.15, -0.1) is 0 Å². The summed E-state index contributed by atoms with van der Waals surface area (Å²) in [6, 6.07) is 13.6. The number of carbonyl (C=O) groups is 1. The molecule has 0 spiro atoms. The highest BCUT2D eigenvalue weighted by Gasteiger charge is 2.07. The summed E-state index contributed by atoms with van der Waals surface area (Å²) in [6.07, 6.45) is 2.20. The normalized spacial score (nSPS) is 10.4. The standard InChI is InChI=1S/C17H19ClN2O/c1-12-10-15(19)14(18)11-16(12)20-17(21)9-5-8-13-6-3-2-4-7-13/h2-4,6-7,10-11H,5,8-9,19H2,1H3,(H,20,21). The molecule has 110 valence electrons. The minimum absolute atomic E-state index is 0.00475. The molecule has 2 aromatic carbocycles. The number of hydrogen-bond acceptors (Lipinski definition) is 2. The van der Waals surface area contributed by atoms with Crippen LogP contribution in [0.4, 0.5) is 11.4 Å². The quantitative estimate of drug-likeness (QED) is 0.814. The van der Waals surface area contributed by atoms with Gasteiger partial charge in [0.25, 0.3) is 0 Å². The molecule has 0 aliphatic rings. The van der Waals surface area contributed by atoms with Crippen molar-refractivity contribution >= 4 is 28.9 Å². The van der Waals surface area contributed by atoms with Crippen molar-refractivity contribution in [1.82, 2.24) is 0 Å². The lowest BCUT2D eigenvalue weighted by molar-refractivity contribution is -0.116. The van der Waals surface area contributed by atoms with Crippen LogP contribution in [0.1, 0.15) is 24.0 Å². The molecular weight excluding hydrogens is 284 g/mol. The zero-order chi connectivity index (χ0) is 15.2. The van der Waals surface area contributed by atoms with Crippen LogP contribution in [0, 0.1) is 6.92 Å². The fraction of sp³-hybridized carbons (Fsp3) is 0.235. The molecule has 1 amide bonds. The van der Waals surface area contributed by atoms with Gasteiger partial charge in [0.2, 0.25) is 5.91 Å². The maximum Gasteiger partial charge on any atom is 0.224 e. The zero-order valence-corrected chi connectivity index (χ0v) is 12.8. The highest BCUT2D eigenvalue weighted by atomic mass is 35.5. The first-order chi connectivity index (χ1) is 10.1. The number of carbonyl (C=O) groups excluding carboxylic acids is 1. The van der Waals surface area contributed by atoms with E-state index in [0.29, 0.717) is 17.1 Å². The highest BCUT2D eigenvalue weighted by molar-refractivity contribution is 6.33. The Labute approximate surface area is 130 Å². The maximum atomic E-state index is 12.0. The Morgan fingerprint density at radius 3 is 2.67 bits per heavy atom. The van der Waals surface area contributed by atoms with E-state index in [2.05, 4.69) is 17.4 Å². The van der Waals surface area contributed by atoms with Crippen molar-refractivity contribution in [3.05, 3.63) is 58.6 Å². The van der Waals surface area contributed by atoms with Gasteiger partial charge in [-0.25, -0.2) is 0 Å². The number of hydrogen-bond donors (Lipinski definition) is 2. The lowest BCUT2D eigenvalue weighted by Crippen LogP contribution is -2.12. The van der Waals surface area contributed by atoms with Crippen molar-refractivity contribution in [2.24, 2.45) is 0 Å². The average molecular weight is 303 g/mol. The lowest BCUT2D eigenvalue weighted by atomic mass is 10.1. The number of rotatable bonds is 5. The van der Waals surface area contributed by atoms with Crippen LogP contribution in [0.5, 0.6) is 0 Å². The Balaban J connectivity index is 1.86. The molecule has 0 atom stereocenters. The third kappa shape index (κ3) is 4.50. The van der Waals surface area contributed by atoms with Crippen LogP contribution < -0.4 is 11.1 Å². The molecule has 0 bridgehead atoms. The van der Waals surface area contributed by atoms with Gasteiger partial charge in [-0.1, -0.05) is 41.9 Å². The summed E-state index contributed by atoms with van der Waals surface area (Å²) in [7, 11) is 0. The number of nitrogen functional groups attached to an aromatic ring is 1. The molecule has 0 radical (unpaired) electrons. The molecule has 4 heteroatoms. The largest absolute Gasteiger partial charge is 0.398 e. The third-order valence-electron chi connectivity index (χ3n) is 3.33. The van der Waals surface area contributed by atoms with Crippen molar-refractivity contribution in [2.75, 3.05) is 11.1 Å². The second-order valence-electron chi connectivity index (χ2n) is 5.08. The van der Waals surface area contributed by atoms with Crippen LogP contribution in [0.3, 0.4) is 0 Å². The molecule has 0 aliphatic carbocycles. The van der Waals surface area contributed by atoms with E-state index in [1.165, 1.54) is 5.56 Å². The molecule has 0 unspecified atom stereocenters. The molecular formula is C17H19ClN2O. The number of nitrogens with two attached hydrogens (primary N) is 1. The van der Waals surface area contributed by atoms with Crippen LogP contribution in [-0.4, -0.2) is 5.91 Å². The van der Waals surface area contributed by atoms with E-state index in [1.54, 1.807) is 12.1 Å². The monoisotopic (exact) mass is 302 g/mol. The number of benzene rings is 2. The number of amides is 1. The maximum absolute atomic E-state index is 12.0. The Kier molecular flexibility index (Phi) is 5.23. The summed E-state index contributed by atoms with van der Waals surface area (Å²) in [5.74, 6) is -0.00475. The van der Waals surface area contributed by atoms with Gasteiger partial charge in [-0.05, 0) is 43.0 Å². The summed E-state index contributed by atoms with van der Waals surface area (Å²) in [6.45, 7) is 1.90. The van der Waals surface area contributed by atoms with E-state index < -0.39 is 0 Å². The predicted octanol–water partition coefficient (Wildman–Crippen LogP) is 4.19. The second-order valence-corrected chi connectivity index (χ2v) is 5.48. The SMILES string of the molecule is Cc1cc(N)c(Cl)cc1NC(=O)CCCc1ccccc1. The number of halogens is 1. The van der Waals surface area contributed by atoms with Gasteiger partial charge in [0.1, 0.15) is 0 Å². The molecule has 3 nitrogen and oxygen atoms in total. The fourth-order valence-corrected chi connectivity index (χ4v) is 2.31. The lowest BCUT2D eigenvalue weighted by Gasteiger charge is -2.10. The molecule has 0 saturated carbocycles. The van der Waals surface area contributed by atoms with Crippen molar-refractivity contribution in [3.63, 3.8) is 0 Å². The summed E-state index contributed by atoms with van der Waals surface area (Å²) in [5.41, 5.74) is 9.12. The van der Waals surface area contributed by atoms with Crippen LogP contribution in [0.2, 0.25) is 5.02 Å². The Morgan fingerprint density at radius 1 is 1.24 bits per heavy atom. The Hall–Kier alpha value is -2.00. The van der Waals surface area contributed by atoms with E-state index in [-0.39, 0.29) is 5.91 Å². The summed E-state index contributed by atoms with van der Waals surface area (Å²) < 4.78 is 0. The Morgan fingerprint density at radius 2 is 1.95 bits per heavy atom. The van der Waals surface area contributed by atoms with Crippen LogP contribution in [0.25, 0.3) is 0 Å². The number of anilines is 2.